The zero-order valence-corrected chi connectivity index (χ0v) is 11.1. The number of hydrogen-bond acceptors (Lipinski definition) is 4. The lowest BCUT2D eigenvalue weighted by Gasteiger charge is -2.33. The fourth-order valence-electron chi connectivity index (χ4n) is 1.82. The summed E-state index contributed by atoms with van der Waals surface area (Å²) in [6.45, 7) is 6.84. The summed E-state index contributed by atoms with van der Waals surface area (Å²) in [6.07, 6.45) is 1.28. The van der Waals surface area contributed by atoms with Crippen LogP contribution in [0.1, 0.15) is 33.6 Å². The van der Waals surface area contributed by atoms with Crippen LogP contribution in [0.3, 0.4) is 0 Å². The zero-order chi connectivity index (χ0) is 13.1. The minimum absolute atomic E-state index is 0.138. The largest absolute Gasteiger partial charge is 0.484 e. The number of nitrogens with zero attached hydrogens (tertiary/aromatic N) is 1. The number of ether oxygens (including phenoxy) is 2. The van der Waals surface area contributed by atoms with E-state index < -0.39 is 5.60 Å². The second kappa shape index (κ2) is 5.38. The van der Waals surface area contributed by atoms with E-state index in [1.54, 1.807) is 4.90 Å². The van der Waals surface area contributed by atoms with E-state index in [0.29, 0.717) is 19.0 Å². The molecule has 0 saturated carbocycles. The Morgan fingerprint density at radius 3 is 2.24 bits per heavy atom. The second-order valence-corrected chi connectivity index (χ2v) is 5.31. The van der Waals surface area contributed by atoms with Crippen LogP contribution in [-0.4, -0.2) is 42.7 Å². The van der Waals surface area contributed by atoms with Crippen molar-refractivity contribution in [3.8, 4) is 0 Å². The Kier molecular flexibility index (Phi) is 4.37. The quantitative estimate of drug-likeness (QED) is 0.566. The van der Waals surface area contributed by atoms with Crippen LogP contribution in [-0.2, 0) is 9.47 Å². The molecule has 98 valence electrons. The molecule has 1 rings (SSSR count). The summed E-state index contributed by atoms with van der Waals surface area (Å²) in [6, 6.07) is 0. The molecule has 1 amide bonds. The first-order chi connectivity index (χ1) is 7.83. The van der Waals surface area contributed by atoms with E-state index in [-0.39, 0.29) is 12.0 Å². The van der Waals surface area contributed by atoms with E-state index in [9.17, 15) is 4.79 Å². The van der Waals surface area contributed by atoms with Gasteiger partial charge >= 0.3 is 6.09 Å². The fourth-order valence-corrected chi connectivity index (χ4v) is 1.82. The predicted molar refractivity (Wildman–Crippen MR) is 65.3 cm³/mol. The van der Waals surface area contributed by atoms with Crippen LogP contribution in [0.5, 0.6) is 0 Å². The standard InChI is InChI=1S/C12H22N2O3/c1-12(2,3)17-11(15)14-7-5-9(6-8-14)10(13)16-4/h9,13H,5-8H2,1-4H3. The summed E-state index contributed by atoms with van der Waals surface area (Å²) in [4.78, 5) is 13.5. The lowest BCUT2D eigenvalue weighted by Crippen LogP contribution is -2.43. The van der Waals surface area contributed by atoms with Crippen LogP contribution < -0.4 is 0 Å². The van der Waals surface area contributed by atoms with Gasteiger partial charge in [-0.1, -0.05) is 0 Å². The summed E-state index contributed by atoms with van der Waals surface area (Å²) in [5.41, 5.74) is -0.451. The molecule has 0 aromatic carbocycles. The molecule has 1 saturated heterocycles. The first-order valence-corrected chi connectivity index (χ1v) is 5.94. The van der Waals surface area contributed by atoms with E-state index in [0.717, 1.165) is 12.8 Å². The van der Waals surface area contributed by atoms with E-state index in [1.165, 1.54) is 7.11 Å². The van der Waals surface area contributed by atoms with Gasteiger partial charge in [0.05, 0.1) is 7.11 Å². The molecule has 1 aliphatic rings. The van der Waals surface area contributed by atoms with E-state index in [2.05, 4.69) is 0 Å². The average molecular weight is 242 g/mol. The van der Waals surface area contributed by atoms with Gasteiger partial charge in [-0.25, -0.2) is 4.79 Å². The maximum Gasteiger partial charge on any atom is 0.410 e. The molecule has 1 fully saturated rings. The molecule has 5 heteroatoms. The Bertz CT molecular complexity index is 289. The van der Waals surface area contributed by atoms with Gasteiger partial charge in [-0.3, -0.25) is 5.41 Å². The summed E-state index contributed by atoms with van der Waals surface area (Å²) in [5, 5.41) is 7.59. The maximum atomic E-state index is 11.8. The van der Waals surface area contributed by atoms with Crippen molar-refractivity contribution in [2.24, 2.45) is 5.92 Å². The third-order valence-corrected chi connectivity index (χ3v) is 2.74. The molecule has 0 aromatic rings. The fraction of sp³-hybridized carbons (Fsp3) is 0.833. The van der Waals surface area contributed by atoms with E-state index in [1.807, 2.05) is 20.8 Å². The van der Waals surface area contributed by atoms with Crippen molar-refractivity contribution in [1.82, 2.24) is 4.90 Å². The lowest BCUT2D eigenvalue weighted by molar-refractivity contribution is 0.0196. The summed E-state index contributed by atoms with van der Waals surface area (Å²) in [5.74, 6) is 0.451. The number of amides is 1. The van der Waals surface area contributed by atoms with Crippen LogP contribution in [0.25, 0.3) is 0 Å². The van der Waals surface area contributed by atoms with Gasteiger partial charge in [0.15, 0.2) is 5.90 Å². The number of rotatable bonds is 1. The Balaban J connectivity index is 2.42. The van der Waals surface area contributed by atoms with Gasteiger partial charge in [-0.15, -0.1) is 0 Å². The molecule has 1 aliphatic heterocycles. The average Bonchev–Trinajstić information content (AvgIpc) is 2.26. The number of likely N-dealkylation sites (tertiary alicyclic amines) is 1. The molecule has 0 aromatic heterocycles. The van der Waals surface area contributed by atoms with Crippen LogP contribution >= 0.6 is 0 Å². The molecule has 0 radical (unpaired) electrons. The molecule has 0 bridgehead atoms. The molecule has 0 aliphatic carbocycles. The van der Waals surface area contributed by atoms with Crippen molar-refractivity contribution in [1.29, 1.82) is 5.41 Å². The zero-order valence-electron chi connectivity index (χ0n) is 11.1. The van der Waals surface area contributed by atoms with Gasteiger partial charge in [0.2, 0.25) is 0 Å². The molecule has 0 unspecified atom stereocenters. The minimum atomic E-state index is -0.451. The third kappa shape index (κ3) is 4.24. The first kappa shape index (κ1) is 13.8. The summed E-state index contributed by atoms with van der Waals surface area (Å²) in [7, 11) is 1.52. The van der Waals surface area contributed by atoms with Crippen LogP contribution in [0.15, 0.2) is 0 Å². The molecule has 0 atom stereocenters. The van der Waals surface area contributed by atoms with Crippen molar-refractivity contribution >= 4 is 12.0 Å². The smallest absolute Gasteiger partial charge is 0.410 e. The van der Waals surface area contributed by atoms with Gasteiger partial charge in [0, 0.05) is 19.0 Å². The summed E-state index contributed by atoms with van der Waals surface area (Å²) >= 11 is 0. The SMILES string of the molecule is COC(=N)C1CCN(C(=O)OC(C)(C)C)CC1. The predicted octanol–water partition coefficient (Wildman–Crippen LogP) is 2.26. The summed E-state index contributed by atoms with van der Waals surface area (Å²) < 4.78 is 10.2. The molecular weight excluding hydrogens is 220 g/mol. The molecule has 17 heavy (non-hydrogen) atoms. The van der Waals surface area contributed by atoms with Crippen molar-refractivity contribution in [2.45, 2.75) is 39.2 Å². The third-order valence-electron chi connectivity index (χ3n) is 2.74. The van der Waals surface area contributed by atoms with Gasteiger partial charge in [-0.05, 0) is 33.6 Å². The van der Waals surface area contributed by atoms with Gasteiger partial charge in [-0.2, -0.15) is 0 Å². The lowest BCUT2D eigenvalue weighted by atomic mass is 9.97. The number of piperidine rings is 1. The monoisotopic (exact) mass is 242 g/mol. The number of carbonyl (C=O) groups excluding carboxylic acids is 1. The second-order valence-electron chi connectivity index (χ2n) is 5.31. The Morgan fingerprint density at radius 2 is 1.82 bits per heavy atom. The Morgan fingerprint density at radius 1 is 1.29 bits per heavy atom. The molecule has 0 spiro atoms. The highest BCUT2D eigenvalue weighted by molar-refractivity contribution is 5.76. The minimum Gasteiger partial charge on any atom is -0.484 e. The van der Waals surface area contributed by atoms with Crippen molar-refractivity contribution < 1.29 is 14.3 Å². The Hall–Kier alpha value is -1.26. The highest BCUT2D eigenvalue weighted by Crippen LogP contribution is 2.20. The van der Waals surface area contributed by atoms with Gasteiger partial charge < -0.3 is 14.4 Å². The topological polar surface area (TPSA) is 62.6 Å². The number of carbonyl (C=O) groups is 1. The molecular formula is C12H22N2O3. The highest BCUT2D eigenvalue weighted by atomic mass is 16.6. The van der Waals surface area contributed by atoms with Crippen molar-refractivity contribution in [3.05, 3.63) is 0 Å². The molecule has 1 N–H and O–H groups in total. The molecule has 1 heterocycles. The van der Waals surface area contributed by atoms with E-state index in [4.69, 9.17) is 14.9 Å². The number of methoxy groups -OCH3 is 1. The van der Waals surface area contributed by atoms with Crippen LogP contribution in [0.2, 0.25) is 0 Å². The molecule has 5 nitrogen and oxygen atoms in total. The normalized spacial score (nSPS) is 17.8. The van der Waals surface area contributed by atoms with Crippen molar-refractivity contribution in [3.63, 3.8) is 0 Å². The van der Waals surface area contributed by atoms with Gasteiger partial charge in [0.1, 0.15) is 5.60 Å². The highest BCUT2D eigenvalue weighted by Gasteiger charge is 2.28. The Labute approximate surface area is 103 Å². The number of hydrogen-bond donors (Lipinski definition) is 1. The van der Waals surface area contributed by atoms with Crippen LogP contribution in [0.4, 0.5) is 4.79 Å². The first-order valence-electron chi connectivity index (χ1n) is 5.94. The van der Waals surface area contributed by atoms with Gasteiger partial charge in [0.25, 0.3) is 0 Å². The number of nitrogens with one attached hydrogen (secondary N) is 1. The van der Waals surface area contributed by atoms with E-state index >= 15 is 0 Å². The van der Waals surface area contributed by atoms with Crippen molar-refractivity contribution in [2.75, 3.05) is 20.2 Å². The van der Waals surface area contributed by atoms with Crippen LogP contribution in [0, 0.1) is 11.3 Å². The maximum absolute atomic E-state index is 11.8.